The molecule has 0 atom stereocenters. The highest BCUT2D eigenvalue weighted by Gasteiger charge is 2.30. The van der Waals surface area contributed by atoms with Gasteiger partial charge in [0.1, 0.15) is 7.05 Å². The molecule has 0 bridgehead atoms. The fraction of sp³-hybridized carbons (Fsp3) is 0.214. The van der Waals surface area contributed by atoms with Crippen molar-refractivity contribution >= 4 is 56.8 Å². The second-order valence-electron chi connectivity index (χ2n) is 8.88. The number of morpholine rings is 1. The van der Waals surface area contributed by atoms with Gasteiger partial charge in [0, 0.05) is 60.2 Å². The first-order valence-electron chi connectivity index (χ1n) is 11.5. The smallest absolute Gasteiger partial charge is 0.246 e. The highest BCUT2D eigenvalue weighted by molar-refractivity contribution is 6.31. The van der Waals surface area contributed by atoms with Crippen molar-refractivity contribution in [3.05, 3.63) is 71.3 Å². The van der Waals surface area contributed by atoms with Crippen LogP contribution in [0.15, 0.2) is 60.7 Å². The van der Waals surface area contributed by atoms with E-state index in [4.69, 9.17) is 16.3 Å². The largest absolute Gasteiger partial charge is 1.00 e. The van der Waals surface area contributed by atoms with E-state index in [2.05, 4.69) is 66.0 Å². The molecule has 6 rings (SSSR count). The van der Waals surface area contributed by atoms with Gasteiger partial charge in [0.25, 0.3) is 0 Å². The van der Waals surface area contributed by atoms with E-state index in [0.29, 0.717) is 31.3 Å². The number of ether oxygens (including phenoxy) is 1. The van der Waals surface area contributed by atoms with Gasteiger partial charge in [-0.1, -0.05) is 23.7 Å². The summed E-state index contributed by atoms with van der Waals surface area (Å²) >= 11 is 6.44. The van der Waals surface area contributed by atoms with Crippen molar-refractivity contribution in [3.8, 4) is 11.1 Å². The number of carbonyl (C=O) groups is 1. The summed E-state index contributed by atoms with van der Waals surface area (Å²) in [5.41, 5.74) is 7.78. The van der Waals surface area contributed by atoms with Gasteiger partial charge in [-0.2, -0.15) is 4.57 Å². The number of hydrogen-bond acceptors (Lipinski definition) is 3. The van der Waals surface area contributed by atoms with E-state index < -0.39 is 0 Å². The third kappa shape index (κ3) is 3.97. The maximum Gasteiger partial charge on any atom is 0.246 e. The molecule has 1 saturated heterocycles. The number of halogens is 2. The number of carbonyl (C=O) groups excluding carboxylic acids is 1. The van der Waals surface area contributed by atoms with E-state index in [9.17, 15) is 4.79 Å². The Hall–Kier alpha value is -2.68. The van der Waals surface area contributed by atoms with E-state index in [0.717, 1.165) is 33.4 Å². The maximum atomic E-state index is 12.7. The summed E-state index contributed by atoms with van der Waals surface area (Å²) in [5, 5.41) is 3.10. The van der Waals surface area contributed by atoms with Crippen LogP contribution in [0, 0.1) is 0 Å². The number of para-hydroxylation sites is 1. The summed E-state index contributed by atoms with van der Waals surface area (Å²) in [7, 11) is 4.22. The van der Waals surface area contributed by atoms with Crippen LogP contribution in [0.4, 0.5) is 11.4 Å². The Morgan fingerprint density at radius 1 is 1.03 bits per heavy atom. The van der Waals surface area contributed by atoms with Gasteiger partial charge in [-0.25, -0.2) is 0 Å². The Morgan fingerprint density at radius 2 is 1.80 bits per heavy atom. The predicted molar refractivity (Wildman–Crippen MR) is 138 cm³/mol. The third-order valence-electron chi connectivity index (χ3n) is 6.95. The van der Waals surface area contributed by atoms with Gasteiger partial charge in [-0.05, 0) is 42.0 Å². The molecule has 0 saturated carbocycles. The lowest BCUT2D eigenvalue weighted by Gasteiger charge is -2.30. The van der Waals surface area contributed by atoms with Crippen LogP contribution in [0.5, 0.6) is 0 Å². The molecule has 5 nitrogen and oxygen atoms in total. The Bertz CT molecular complexity index is 1510. The number of pyridine rings is 1. The molecule has 35 heavy (non-hydrogen) atoms. The molecule has 4 aromatic rings. The second kappa shape index (κ2) is 9.41. The van der Waals surface area contributed by atoms with Crippen molar-refractivity contribution in [3.63, 3.8) is 0 Å². The molecule has 7 heteroatoms. The lowest BCUT2D eigenvalue weighted by Crippen LogP contribution is -3.00. The van der Waals surface area contributed by atoms with Gasteiger partial charge < -0.3 is 38.5 Å². The number of benzene rings is 3. The van der Waals surface area contributed by atoms with Crippen LogP contribution in [-0.4, -0.2) is 44.2 Å². The summed E-state index contributed by atoms with van der Waals surface area (Å²) in [6.07, 6.45) is 3.60. The first-order chi connectivity index (χ1) is 16.5. The predicted octanol–water partition coefficient (Wildman–Crippen LogP) is 2.10. The van der Waals surface area contributed by atoms with E-state index >= 15 is 0 Å². The molecular formula is C28H25ClIN3O2. The Morgan fingerprint density at radius 3 is 2.60 bits per heavy atom. The summed E-state index contributed by atoms with van der Waals surface area (Å²) < 4.78 is 7.61. The minimum Gasteiger partial charge on any atom is -1.00 e. The van der Waals surface area contributed by atoms with Crippen LogP contribution in [0.3, 0.4) is 0 Å². The summed E-state index contributed by atoms with van der Waals surface area (Å²) in [4.78, 5) is 16.8. The van der Waals surface area contributed by atoms with Gasteiger partial charge in [-0.3, -0.25) is 4.79 Å². The average molecular weight is 598 g/mol. The quantitative estimate of drug-likeness (QED) is 0.154. The number of nitrogens with zero attached hydrogens (tertiary/aromatic N) is 3. The Kier molecular flexibility index (Phi) is 6.46. The Balaban J connectivity index is 0.00000253. The molecule has 2 aliphatic heterocycles. The van der Waals surface area contributed by atoms with E-state index in [-0.39, 0.29) is 29.9 Å². The van der Waals surface area contributed by atoms with E-state index in [1.54, 1.807) is 6.08 Å². The molecule has 178 valence electrons. The summed E-state index contributed by atoms with van der Waals surface area (Å²) in [6.45, 7) is 2.45. The lowest BCUT2D eigenvalue weighted by atomic mass is 9.90. The molecular weight excluding hydrogens is 573 g/mol. The fourth-order valence-corrected chi connectivity index (χ4v) is 5.42. The first kappa shape index (κ1) is 24.0. The van der Waals surface area contributed by atoms with Crippen LogP contribution in [-0.2, 0) is 16.6 Å². The third-order valence-corrected chi connectivity index (χ3v) is 7.18. The zero-order chi connectivity index (χ0) is 23.4. The summed E-state index contributed by atoms with van der Waals surface area (Å²) in [6, 6.07) is 18.9. The van der Waals surface area contributed by atoms with Crippen molar-refractivity contribution in [2.24, 2.45) is 7.05 Å². The minimum absolute atomic E-state index is 0. The number of fused-ring (bicyclic) bond motifs is 4. The van der Waals surface area contributed by atoms with Crippen molar-refractivity contribution in [1.82, 2.24) is 4.90 Å². The van der Waals surface area contributed by atoms with Crippen LogP contribution >= 0.6 is 11.6 Å². The molecule has 1 aromatic heterocycles. The molecule has 2 aliphatic rings. The molecule has 1 fully saturated rings. The maximum absolute atomic E-state index is 12.7. The van der Waals surface area contributed by atoms with Crippen LogP contribution in [0.1, 0.15) is 5.56 Å². The molecule has 0 aliphatic carbocycles. The van der Waals surface area contributed by atoms with Crippen LogP contribution in [0.25, 0.3) is 39.0 Å². The van der Waals surface area contributed by atoms with Crippen LogP contribution in [0.2, 0.25) is 5.02 Å². The number of aromatic nitrogens is 1. The lowest BCUT2D eigenvalue weighted by molar-refractivity contribution is -0.617. The zero-order valence-electron chi connectivity index (χ0n) is 19.6. The molecule has 0 unspecified atom stereocenters. The van der Waals surface area contributed by atoms with Gasteiger partial charge in [-0.15, -0.1) is 0 Å². The highest BCUT2D eigenvalue weighted by Crippen LogP contribution is 2.49. The van der Waals surface area contributed by atoms with Gasteiger partial charge >= 0.3 is 0 Å². The van der Waals surface area contributed by atoms with Crippen molar-refractivity contribution < 1.29 is 38.1 Å². The highest BCUT2D eigenvalue weighted by atomic mass is 127. The standard InChI is InChI=1S/C28H25ClN3O2.HI/c1-30-23-6-4-3-5-20(23)28-27-22(21-17-19(29)8-9-24(21)31(28)2)15-18(16-25(27)30)7-10-26(33)32-11-13-34-14-12-32;/h3-10,15-17H,11-14H2,1-2H3;1H/q+1;/p-1/b10-7+;. The van der Waals surface area contributed by atoms with E-state index in [1.807, 2.05) is 23.1 Å². The monoisotopic (exact) mass is 597 g/mol. The SMILES string of the molecule is CN1c2ccc(Cl)cc2-c2cc(/C=C/C(=O)N3CCOCC3)cc3c2c1c1ccccc1[n+]3C.[I-]. The number of amides is 1. The van der Waals surface area contributed by atoms with Gasteiger partial charge in [0.15, 0.2) is 0 Å². The van der Waals surface area contributed by atoms with E-state index in [1.165, 1.54) is 16.5 Å². The van der Waals surface area contributed by atoms with Crippen molar-refractivity contribution in [2.75, 3.05) is 38.3 Å². The molecule has 0 radical (unpaired) electrons. The topological polar surface area (TPSA) is 36.7 Å². The second-order valence-corrected chi connectivity index (χ2v) is 9.32. The number of hydrogen-bond donors (Lipinski definition) is 0. The van der Waals surface area contributed by atoms with Crippen molar-refractivity contribution in [1.29, 1.82) is 0 Å². The normalized spacial score (nSPS) is 14.9. The fourth-order valence-electron chi connectivity index (χ4n) is 5.24. The number of rotatable bonds is 2. The van der Waals surface area contributed by atoms with Crippen molar-refractivity contribution in [2.45, 2.75) is 0 Å². The molecule has 3 aromatic carbocycles. The molecule has 3 heterocycles. The Labute approximate surface area is 226 Å². The minimum atomic E-state index is 0. The zero-order valence-corrected chi connectivity index (χ0v) is 22.5. The van der Waals surface area contributed by atoms with Gasteiger partial charge in [0.2, 0.25) is 16.9 Å². The van der Waals surface area contributed by atoms with Gasteiger partial charge in [0.05, 0.1) is 29.7 Å². The van der Waals surface area contributed by atoms with Crippen LogP contribution < -0.4 is 33.4 Å². The first-order valence-corrected chi connectivity index (χ1v) is 11.9. The summed E-state index contributed by atoms with van der Waals surface area (Å²) in [5.74, 6) is 0.0174. The average Bonchev–Trinajstić information content (AvgIpc) is 2.87. The number of anilines is 2. The number of aryl methyl sites for hydroxylation is 1. The molecule has 0 N–H and O–H groups in total. The molecule has 1 amide bonds. The molecule has 0 spiro atoms.